The molecule has 0 radical (unpaired) electrons. The minimum Gasteiger partial charge on any atom is -0.368 e. The van der Waals surface area contributed by atoms with Crippen molar-refractivity contribution in [2.45, 2.75) is 38.4 Å². The molecular formula is C29H33Cl2F3N4O. The summed E-state index contributed by atoms with van der Waals surface area (Å²) in [4.78, 5) is 17.6. The third-order valence-corrected chi connectivity index (χ3v) is 7.94. The average molecular weight is 582 g/mol. The van der Waals surface area contributed by atoms with E-state index in [-0.39, 0.29) is 11.8 Å². The van der Waals surface area contributed by atoms with Crippen LogP contribution < -0.4 is 10.6 Å². The van der Waals surface area contributed by atoms with Gasteiger partial charge in [0.05, 0.1) is 5.56 Å². The van der Waals surface area contributed by atoms with E-state index in [0.717, 1.165) is 17.3 Å². The van der Waals surface area contributed by atoms with Gasteiger partial charge >= 0.3 is 6.18 Å². The summed E-state index contributed by atoms with van der Waals surface area (Å²) in [5.74, 6) is 0.183. The predicted molar refractivity (Wildman–Crippen MR) is 150 cm³/mol. The Morgan fingerprint density at radius 2 is 1.69 bits per heavy atom. The smallest absolute Gasteiger partial charge is 0.368 e. The molecule has 1 saturated heterocycles. The lowest BCUT2D eigenvalue weighted by atomic mass is 9.97. The number of amides is 1. The van der Waals surface area contributed by atoms with Gasteiger partial charge < -0.3 is 20.1 Å². The standard InChI is InChI=1S/C29H33Cl2F3N4O/c1-20(19-35)4-5-22-16-23(29(32,33)34)7-9-26(22)37-12-14-38(15-13-37)28(39)27(36-10-2-3-11-36)17-21-6-8-24(30)18-25(21)31/h2-3,6-11,16,18,20,27H,4-5,12-15,17,19,35H2,1H3. The van der Waals surface area contributed by atoms with Crippen LogP contribution in [0.5, 0.6) is 0 Å². The molecule has 2 heterocycles. The van der Waals surface area contributed by atoms with Gasteiger partial charge in [-0.15, -0.1) is 0 Å². The summed E-state index contributed by atoms with van der Waals surface area (Å²) in [6.07, 6.45) is 0.937. The molecule has 1 fully saturated rings. The molecule has 0 saturated carbocycles. The summed E-state index contributed by atoms with van der Waals surface area (Å²) in [6.45, 7) is 4.46. The number of carbonyl (C=O) groups is 1. The van der Waals surface area contributed by atoms with Crippen molar-refractivity contribution < 1.29 is 18.0 Å². The number of carbonyl (C=O) groups excluding carboxylic acids is 1. The molecule has 1 aliphatic heterocycles. The van der Waals surface area contributed by atoms with Crippen LogP contribution in [0.3, 0.4) is 0 Å². The second-order valence-electron chi connectivity index (χ2n) is 10.1. The lowest BCUT2D eigenvalue weighted by Gasteiger charge is -2.39. The Morgan fingerprint density at radius 3 is 2.31 bits per heavy atom. The third kappa shape index (κ3) is 7.29. The molecule has 1 aromatic heterocycles. The van der Waals surface area contributed by atoms with E-state index in [4.69, 9.17) is 28.9 Å². The molecule has 2 aromatic carbocycles. The second-order valence-corrected chi connectivity index (χ2v) is 11.0. The Hall–Kier alpha value is -2.68. The highest BCUT2D eigenvalue weighted by Crippen LogP contribution is 2.34. The Morgan fingerprint density at radius 1 is 1.00 bits per heavy atom. The Kier molecular flexibility index (Phi) is 9.51. The number of nitrogens with zero attached hydrogens (tertiary/aromatic N) is 3. The van der Waals surface area contributed by atoms with Gasteiger partial charge in [-0.25, -0.2) is 0 Å². The Balaban J connectivity index is 1.50. The highest BCUT2D eigenvalue weighted by Gasteiger charge is 2.33. The molecule has 10 heteroatoms. The molecule has 4 rings (SSSR count). The van der Waals surface area contributed by atoms with Crippen molar-refractivity contribution in [3.05, 3.63) is 87.7 Å². The maximum absolute atomic E-state index is 13.7. The van der Waals surface area contributed by atoms with Crippen molar-refractivity contribution in [2.24, 2.45) is 11.7 Å². The number of nitrogens with two attached hydrogens (primary N) is 1. The first kappa shape index (κ1) is 29.3. The van der Waals surface area contributed by atoms with Crippen molar-refractivity contribution in [3.8, 4) is 0 Å². The minimum atomic E-state index is -4.40. The van der Waals surface area contributed by atoms with Crippen LogP contribution in [0, 0.1) is 5.92 Å². The minimum absolute atomic E-state index is 0.0266. The number of aromatic nitrogens is 1. The van der Waals surface area contributed by atoms with Crippen LogP contribution in [0.1, 0.15) is 36.1 Å². The van der Waals surface area contributed by atoms with Gasteiger partial charge in [-0.05, 0) is 78.9 Å². The fraction of sp³-hybridized carbons (Fsp3) is 0.414. The molecule has 39 heavy (non-hydrogen) atoms. The van der Waals surface area contributed by atoms with E-state index in [2.05, 4.69) is 4.90 Å². The molecular weight excluding hydrogens is 548 g/mol. The van der Waals surface area contributed by atoms with Crippen LogP contribution in [0.4, 0.5) is 18.9 Å². The first-order chi connectivity index (χ1) is 18.6. The molecule has 2 N–H and O–H groups in total. The average Bonchev–Trinajstić information content (AvgIpc) is 3.45. The van der Waals surface area contributed by atoms with Crippen LogP contribution in [0.25, 0.3) is 0 Å². The van der Waals surface area contributed by atoms with Crippen molar-refractivity contribution in [2.75, 3.05) is 37.6 Å². The summed E-state index contributed by atoms with van der Waals surface area (Å²) >= 11 is 12.5. The van der Waals surface area contributed by atoms with Crippen LogP contribution in [0.2, 0.25) is 10.0 Å². The van der Waals surface area contributed by atoms with E-state index in [0.29, 0.717) is 67.6 Å². The van der Waals surface area contributed by atoms with Gasteiger partial charge in [0, 0.05) is 60.7 Å². The second kappa shape index (κ2) is 12.7. The number of benzene rings is 2. The lowest BCUT2D eigenvalue weighted by molar-refractivity contribution is -0.137. The predicted octanol–water partition coefficient (Wildman–Crippen LogP) is 6.47. The van der Waals surface area contributed by atoms with E-state index < -0.39 is 17.8 Å². The summed E-state index contributed by atoms with van der Waals surface area (Å²) in [5.41, 5.74) is 7.37. The highest BCUT2D eigenvalue weighted by molar-refractivity contribution is 6.35. The molecule has 2 atom stereocenters. The van der Waals surface area contributed by atoms with Crippen LogP contribution in [0.15, 0.2) is 60.9 Å². The van der Waals surface area contributed by atoms with E-state index in [9.17, 15) is 18.0 Å². The van der Waals surface area contributed by atoms with Crippen LogP contribution in [-0.2, 0) is 23.8 Å². The molecule has 210 valence electrons. The number of rotatable bonds is 9. The van der Waals surface area contributed by atoms with Crippen molar-refractivity contribution in [1.82, 2.24) is 9.47 Å². The zero-order chi connectivity index (χ0) is 28.2. The zero-order valence-corrected chi connectivity index (χ0v) is 23.3. The van der Waals surface area contributed by atoms with Gasteiger partial charge in [-0.1, -0.05) is 36.2 Å². The summed E-state index contributed by atoms with van der Waals surface area (Å²) in [5, 5.41) is 1.04. The number of alkyl halides is 3. The van der Waals surface area contributed by atoms with Gasteiger partial charge in [-0.2, -0.15) is 13.2 Å². The number of aryl methyl sites for hydroxylation is 1. The fourth-order valence-electron chi connectivity index (χ4n) is 4.94. The van der Waals surface area contributed by atoms with Crippen molar-refractivity contribution in [3.63, 3.8) is 0 Å². The van der Waals surface area contributed by atoms with Gasteiger partial charge in [-0.3, -0.25) is 4.79 Å². The first-order valence-corrected chi connectivity index (χ1v) is 13.8. The molecule has 0 bridgehead atoms. The van der Waals surface area contributed by atoms with E-state index in [1.807, 2.05) is 47.0 Å². The van der Waals surface area contributed by atoms with Crippen molar-refractivity contribution in [1.29, 1.82) is 0 Å². The number of hydrogen-bond acceptors (Lipinski definition) is 3. The summed E-state index contributed by atoms with van der Waals surface area (Å²) in [7, 11) is 0. The fourth-order valence-corrected chi connectivity index (χ4v) is 5.43. The molecule has 5 nitrogen and oxygen atoms in total. The normalized spacial score (nSPS) is 15.9. The van der Waals surface area contributed by atoms with Crippen LogP contribution >= 0.6 is 23.2 Å². The van der Waals surface area contributed by atoms with Gasteiger partial charge in [0.15, 0.2) is 0 Å². The van der Waals surface area contributed by atoms with Gasteiger partial charge in [0.25, 0.3) is 0 Å². The van der Waals surface area contributed by atoms with E-state index in [1.54, 1.807) is 18.2 Å². The molecule has 0 spiro atoms. The SMILES string of the molecule is CC(CN)CCc1cc(C(F)(F)F)ccc1N1CCN(C(=O)C(Cc2ccc(Cl)cc2Cl)n2cccc2)CC1. The monoisotopic (exact) mass is 580 g/mol. The molecule has 0 aliphatic carbocycles. The maximum Gasteiger partial charge on any atom is 0.416 e. The van der Waals surface area contributed by atoms with Crippen LogP contribution in [-0.4, -0.2) is 48.1 Å². The highest BCUT2D eigenvalue weighted by atomic mass is 35.5. The van der Waals surface area contributed by atoms with Gasteiger partial charge in [0.2, 0.25) is 5.91 Å². The van der Waals surface area contributed by atoms with E-state index >= 15 is 0 Å². The topological polar surface area (TPSA) is 54.5 Å². The zero-order valence-electron chi connectivity index (χ0n) is 21.8. The number of hydrogen-bond donors (Lipinski definition) is 1. The number of piperazine rings is 1. The first-order valence-electron chi connectivity index (χ1n) is 13.1. The molecule has 1 amide bonds. The Labute approximate surface area is 237 Å². The number of anilines is 1. The largest absolute Gasteiger partial charge is 0.416 e. The van der Waals surface area contributed by atoms with E-state index in [1.165, 1.54) is 6.07 Å². The third-order valence-electron chi connectivity index (χ3n) is 7.35. The lowest BCUT2D eigenvalue weighted by Crippen LogP contribution is -2.51. The molecule has 2 unspecified atom stereocenters. The van der Waals surface area contributed by atoms with Gasteiger partial charge in [0.1, 0.15) is 6.04 Å². The Bertz CT molecular complexity index is 1260. The quantitative estimate of drug-likeness (QED) is 0.315. The van der Waals surface area contributed by atoms with Crippen molar-refractivity contribution >= 4 is 34.8 Å². The molecule has 3 aromatic rings. The maximum atomic E-state index is 13.7. The molecule has 1 aliphatic rings. The summed E-state index contributed by atoms with van der Waals surface area (Å²) in [6, 6.07) is 12.5. The summed E-state index contributed by atoms with van der Waals surface area (Å²) < 4.78 is 42.2. The number of halogens is 5.